The molecule has 0 spiro atoms. The number of pyridine rings is 1. The van der Waals surface area contributed by atoms with E-state index in [1.165, 1.54) is 44.9 Å². The Bertz CT molecular complexity index is 1290. The fourth-order valence-corrected chi connectivity index (χ4v) is 8.48. The molecule has 1 aromatic carbocycles. The first-order valence-corrected chi connectivity index (χ1v) is 14.5. The average molecular weight is 535 g/mol. The summed E-state index contributed by atoms with van der Waals surface area (Å²) in [6.07, 6.45) is 10.5. The SMILES string of the molecule is O=C(NCC12CC3CC(CC(C3)C1)C2)c1c(Cl)ccc2nc(N3CC[C@H](NCCn4ncnn4)C3)ccc12. The van der Waals surface area contributed by atoms with Gasteiger partial charge in [0.05, 0.1) is 22.6 Å². The van der Waals surface area contributed by atoms with Crippen molar-refractivity contribution >= 4 is 34.2 Å². The highest BCUT2D eigenvalue weighted by atomic mass is 35.5. The Labute approximate surface area is 227 Å². The van der Waals surface area contributed by atoms with Gasteiger partial charge in [-0.1, -0.05) is 11.6 Å². The number of tetrazole rings is 1. The minimum Gasteiger partial charge on any atom is -0.355 e. The van der Waals surface area contributed by atoms with Crippen LogP contribution >= 0.6 is 11.6 Å². The molecule has 3 aromatic rings. The minimum absolute atomic E-state index is 0.0711. The van der Waals surface area contributed by atoms with E-state index < -0.39 is 0 Å². The van der Waals surface area contributed by atoms with Crippen molar-refractivity contribution in [2.75, 3.05) is 31.1 Å². The van der Waals surface area contributed by atoms with E-state index in [1.807, 2.05) is 24.3 Å². The Hall–Kier alpha value is -2.78. The van der Waals surface area contributed by atoms with Gasteiger partial charge in [0.15, 0.2) is 6.33 Å². The summed E-state index contributed by atoms with van der Waals surface area (Å²) in [5.74, 6) is 3.47. The second-order valence-electron chi connectivity index (χ2n) is 12.2. The third kappa shape index (κ3) is 4.64. The summed E-state index contributed by atoms with van der Waals surface area (Å²) in [7, 11) is 0. The molecule has 5 fully saturated rings. The van der Waals surface area contributed by atoms with E-state index in [0.29, 0.717) is 28.6 Å². The zero-order valence-corrected chi connectivity index (χ0v) is 22.4. The summed E-state index contributed by atoms with van der Waals surface area (Å²) in [6.45, 7) is 4.07. The van der Waals surface area contributed by atoms with E-state index in [1.54, 1.807) is 4.80 Å². The molecule has 10 heteroatoms. The number of nitrogens with zero attached hydrogens (tertiary/aromatic N) is 6. The largest absolute Gasteiger partial charge is 0.355 e. The zero-order chi connectivity index (χ0) is 25.7. The van der Waals surface area contributed by atoms with E-state index in [-0.39, 0.29) is 5.91 Å². The molecule has 3 heterocycles. The number of aromatic nitrogens is 5. The second-order valence-corrected chi connectivity index (χ2v) is 12.6. The molecule has 2 N–H and O–H groups in total. The van der Waals surface area contributed by atoms with Gasteiger partial charge in [0.2, 0.25) is 0 Å². The number of anilines is 1. The molecule has 5 aliphatic rings. The molecule has 1 aliphatic heterocycles. The highest BCUT2D eigenvalue weighted by Crippen LogP contribution is 2.59. The second kappa shape index (κ2) is 9.75. The molecule has 4 aliphatic carbocycles. The van der Waals surface area contributed by atoms with Crippen LogP contribution < -0.4 is 15.5 Å². The number of halogens is 1. The molecule has 4 bridgehead atoms. The Morgan fingerprint density at radius 3 is 2.61 bits per heavy atom. The molecule has 4 saturated carbocycles. The van der Waals surface area contributed by atoms with Gasteiger partial charge in [0.25, 0.3) is 5.91 Å². The normalized spacial score (nSPS) is 29.9. The number of fused-ring (bicyclic) bond motifs is 1. The maximum Gasteiger partial charge on any atom is 0.253 e. The monoisotopic (exact) mass is 534 g/mol. The Morgan fingerprint density at radius 1 is 1.08 bits per heavy atom. The molecule has 1 atom stereocenters. The number of benzene rings is 1. The van der Waals surface area contributed by atoms with Crippen LogP contribution in [0.5, 0.6) is 0 Å². The standard InChI is InChI=1S/C28H35ClN8O/c29-23-2-3-24-22(26(23)27(38)31-16-28-12-18-9-19(13-28)11-20(10-18)14-28)1-4-25(34-24)36-7-5-21(15-36)30-6-8-37-33-17-32-35-37/h1-4,17-21,30H,5-16H2,(H,31,38)/t18?,19?,20?,21-,28?/m0/s1. The van der Waals surface area contributed by atoms with Crippen molar-refractivity contribution in [2.45, 2.75) is 57.5 Å². The van der Waals surface area contributed by atoms with Gasteiger partial charge in [-0.2, -0.15) is 4.80 Å². The zero-order valence-electron chi connectivity index (χ0n) is 21.7. The van der Waals surface area contributed by atoms with E-state index in [0.717, 1.165) is 67.1 Å². The number of carbonyl (C=O) groups excluding carboxylic acids is 1. The summed E-state index contributed by atoms with van der Waals surface area (Å²) in [5.41, 5.74) is 1.65. The smallest absolute Gasteiger partial charge is 0.253 e. The molecule has 8 rings (SSSR count). The third-order valence-corrected chi connectivity index (χ3v) is 9.79. The molecule has 38 heavy (non-hydrogen) atoms. The Kier molecular flexibility index (Phi) is 6.23. The van der Waals surface area contributed by atoms with Crippen LogP contribution in [0, 0.1) is 23.2 Å². The topological polar surface area (TPSA) is 101 Å². The highest BCUT2D eigenvalue weighted by molar-refractivity contribution is 6.35. The Balaban J connectivity index is 1.02. The van der Waals surface area contributed by atoms with E-state index in [2.05, 4.69) is 30.9 Å². The van der Waals surface area contributed by atoms with Crippen LogP contribution in [0.1, 0.15) is 55.3 Å². The maximum absolute atomic E-state index is 13.5. The first kappa shape index (κ1) is 24.3. The van der Waals surface area contributed by atoms with Crippen LogP contribution in [0.25, 0.3) is 10.9 Å². The van der Waals surface area contributed by atoms with Crippen molar-refractivity contribution in [3.8, 4) is 0 Å². The number of hydrogen-bond acceptors (Lipinski definition) is 7. The van der Waals surface area contributed by atoms with Crippen LogP contribution in [0.3, 0.4) is 0 Å². The van der Waals surface area contributed by atoms with Gasteiger partial charge < -0.3 is 15.5 Å². The predicted molar refractivity (Wildman–Crippen MR) is 146 cm³/mol. The van der Waals surface area contributed by atoms with Crippen molar-refractivity contribution < 1.29 is 4.79 Å². The average Bonchev–Trinajstić information content (AvgIpc) is 3.59. The Morgan fingerprint density at radius 2 is 1.87 bits per heavy atom. The quantitative estimate of drug-likeness (QED) is 0.454. The van der Waals surface area contributed by atoms with Crippen molar-refractivity contribution in [1.82, 2.24) is 35.8 Å². The van der Waals surface area contributed by atoms with Gasteiger partial charge in [0.1, 0.15) is 5.82 Å². The number of nitrogens with one attached hydrogen (secondary N) is 2. The van der Waals surface area contributed by atoms with Gasteiger partial charge in [-0.05, 0) is 97.6 Å². The van der Waals surface area contributed by atoms with Crippen molar-refractivity contribution in [3.05, 3.63) is 41.2 Å². The molecular formula is C28H35ClN8O. The molecule has 2 aromatic heterocycles. The van der Waals surface area contributed by atoms with Gasteiger partial charge in [0, 0.05) is 37.6 Å². The number of carbonyl (C=O) groups is 1. The van der Waals surface area contributed by atoms with Crippen LogP contribution in [0.15, 0.2) is 30.6 Å². The first-order chi connectivity index (χ1) is 18.5. The fraction of sp³-hybridized carbons (Fsp3) is 0.607. The fourth-order valence-electron chi connectivity index (χ4n) is 8.23. The molecule has 9 nitrogen and oxygen atoms in total. The molecule has 1 amide bonds. The molecular weight excluding hydrogens is 500 g/mol. The maximum atomic E-state index is 13.5. The summed E-state index contributed by atoms with van der Waals surface area (Å²) < 4.78 is 0. The highest BCUT2D eigenvalue weighted by Gasteiger charge is 2.50. The van der Waals surface area contributed by atoms with Crippen molar-refractivity contribution in [1.29, 1.82) is 0 Å². The van der Waals surface area contributed by atoms with Crippen molar-refractivity contribution in [3.63, 3.8) is 0 Å². The van der Waals surface area contributed by atoms with E-state index in [9.17, 15) is 4.79 Å². The predicted octanol–water partition coefficient (Wildman–Crippen LogP) is 3.69. The lowest BCUT2D eigenvalue weighted by atomic mass is 9.49. The van der Waals surface area contributed by atoms with Crippen molar-refractivity contribution in [2.24, 2.45) is 23.2 Å². The lowest BCUT2D eigenvalue weighted by Gasteiger charge is -2.56. The van der Waals surface area contributed by atoms with Crippen LogP contribution in [0.4, 0.5) is 5.82 Å². The third-order valence-electron chi connectivity index (χ3n) is 9.47. The van der Waals surface area contributed by atoms with Gasteiger partial charge >= 0.3 is 0 Å². The summed E-state index contributed by atoms with van der Waals surface area (Å²) >= 11 is 6.60. The van der Waals surface area contributed by atoms with Gasteiger partial charge in [-0.15, -0.1) is 10.2 Å². The lowest BCUT2D eigenvalue weighted by molar-refractivity contribution is -0.0503. The van der Waals surface area contributed by atoms with Crippen LogP contribution in [0.2, 0.25) is 5.02 Å². The number of hydrogen-bond donors (Lipinski definition) is 2. The van der Waals surface area contributed by atoms with Gasteiger partial charge in [-0.25, -0.2) is 4.98 Å². The molecule has 0 unspecified atom stereocenters. The number of rotatable bonds is 8. The van der Waals surface area contributed by atoms with Crippen LogP contribution in [-0.4, -0.2) is 63.3 Å². The summed E-state index contributed by atoms with van der Waals surface area (Å²) in [6, 6.07) is 8.16. The van der Waals surface area contributed by atoms with E-state index >= 15 is 0 Å². The lowest BCUT2D eigenvalue weighted by Crippen LogP contribution is -2.51. The van der Waals surface area contributed by atoms with E-state index in [4.69, 9.17) is 16.6 Å². The molecule has 0 radical (unpaired) electrons. The summed E-state index contributed by atoms with van der Waals surface area (Å²) in [5, 5.41) is 19.9. The minimum atomic E-state index is -0.0711. The molecule has 1 saturated heterocycles. The van der Waals surface area contributed by atoms with Gasteiger partial charge in [-0.3, -0.25) is 4.79 Å². The molecule has 200 valence electrons. The number of amides is 1. The summed E-state index contributed by atoms with van der Waals surface area (Å²) in [4.78, 5) is 22.3. The van der Waals surface area contributed by atoms with Crippen LogP contribution in [-0.2, 0) is 6.54 Å². The first-order valence-electron chi connectivity index (χ1n) is 14.1.